The highest BCUT2D eigenvalue weighted by Crippen LogP contribution is 2.13. The van der Waals surface area contributed by atoms with E-state index < -0.39 is 7.12 Å². The van der Waals surface area contributed by atoms with Crippen molar-refractivity contribution in [2.75, 3.05) is 6.54 Å². The highest BCUT2D eigenvalue weighted by molar-refractivity contribution is 6.40. The van der Waals surface area contributed by atoms with E-state index in [2.05, 4.69) is 5.32 Å². The maximum absolute atomic E-state index is 8.66. The molecule has 1 rings (SSSR count). The van der Waals surface area contributed by atoms with Crippen LogP contribution in [0.5, 0.6) is 0 Å². The summed E-state index contributed by atoms with van der Waals surface area (Å²) in [5.41, 5.74) is 6.01. The Morgan fingerprint density at radius 3 is 2.80 bits per heavy atom. The highest BCUT2D eigenvalue weighted by atomic mass is 16.4. The summed E-state index contributed by atoms with van der Waals surface area (Å²) in [6.45, 7) is 1.13. The molecule has 15 heavy (non-hydrogen) atoms. The second-order valence-corrected chi connectivity index (χ2v) is 4.55. The van der Waals surface area contributed by atoms with E-state index >= 15 is 0 Å². The number of hydrogen-bond acceptors (Lipinski definition) is 4. The third-order valence-electron chi connectivity index (χ3n) is 3.04. The smallest absolute Gasteiger partial charge is 0.427 e. The Bertz CT molecular complexity index is 164. The van der Waals surface area contributed by atoms with Crippen LogP contribution in [0.15, 0.2) is 0 Å². The molecule has 88 valence electrons. The van der Waals surface area contributed by atoms with Crippen LogP contribution in [0, 0.1) is 0 Å². The Morgan fingerprint density at radius 2 is 2.20 bits per heavy atom. The second kappa shape index (κ2) is 7.22. The predicted octanol–water partition coefficient (Wildman–Crippen LogP) is 0.0989. The van der Waals surface area contributed by atoms with Crippen LogP contribution in [0.3, 0.4) is 0 Å². The van der Waals surface area contributed by atoms with Crippen LogP contribution in [-0.2, 0) is 0 Å². The van der Waals surface area contributed by atoms with Gasteiger partial charge in [0.15, 0.2) is 0 Å². The van der Waals surface area contributed by atoms with E-state index in [9.17, 15) is 0 Å². The van der Waals surface area contributed by atoms with Crippen molar-refractivity contribution in [2.24, 2.45) is 5.73 Å². The molecule has 1 fully saturated rings. The van der Waals surface area contributed by atoms with Gasteiger partial charge in [0.25, 0.3) is 0 Å². The molecule has 0 saturated carbocycles. The molecule has 4 nitrogen and oxygen atoms in total. The van der Waals surface area contributed by atoms with Gasteiger partial charge in [-0.05, 0) is 38.5 Å². The number of nitrogens with two attached hydrogens (primary N) is 1. The fourth-order valence-corrected chi connectivity index (χ4v) is 2.17. The van der Waals surface area contributed by atoms with E-state index in [1.165, 1.54) is 12.8 Å². The molecule has 1 aliphatic heterocycles. The van der Waals surface area contributed by atoms with Crippen molar-refractivity contribution in [1.29, 1.82) is 0 Å². The summed E-state index contributed by atoms with van der Waals surface area (Å²) < 4.78 is 0. The molecule has 0 aromatic carbocycles. The Hall–Kier alpha value is -0.0951. The quantitative estimate of drug-likeness (QED) is 0.358. The van der Waals surface area contributed by atoms with Crippen LogP contribution in [0.1, 0.15) is 38.5 Å². The minimum absolute atomic E-state index is 0.261. The first-order chi connectivity index (χ1) is 7.18. The summed E-state index contributed by atoms with van der Waals surface area (Å²) in [7, 11) is -1.15. The maximum Gasteiger partial charge on any atom is 0.451 e. The van der Waals surface area contributed by atoms with Crippen molar-refractivity contribution in [3.05, 3.63) is 0 Å². The van der Waals surface area contributed by atoms with E-state index in [1.54, 1.807) is 0 Å². The first-order valence-corrected chi connectivity index (χ1v) is 6.03. The van der Waals surface area contributed by atoms with Crippen molar-refractivity contribution in [3.63, 3.8) is 0 Å². The molecule has 0 spiro atoms. The van der Waals surface area contributed by atoms with Gasteiger partial charge in [0, 0.05) is 12.1 Å². The summed E-state index contributed by atoms with van der Waals surface area (Å²) in [5.74, 6) is 0. The van der Waals surface area contributed by atoms with E-state index in [4.69, 9.17) is 15.8 Å². The van der Waals surface area contributed by atoms with Gasteiger partial charge in [-0.25, -0.2) is 0 Å². The fourth-order valence-electron chi connectivity index (χ4n) is 2.17. The van der Waals surface area contributed by atoms with Gasteiger partial charge in [-0.2, -0.15) is 0 Å². The third kappa shape index (κ3) is 6.15. The molecular formula is C10H23BN2O2. The van der Waals surface area contributed by atoms with Gasteiger partial charge >= 0.3 is 7.12 Å². The molecule has 0 bridgehead atoms. The average molecular weight is 214 g/mol. The van der Waals surface area contributed by atoms with Crippen LogP contribution in [0.2, 0.25) is 6.32 Å². The van der Waals surface area contributed by atoms with Crippen LogP contribution in [0.25, 0.3) is 0 Å². The fraction of sp³-hybridized carbons (Fsp3) is 1.00. The topological polar surface area (TPSA) is 78.5 Å². The molecule has 0 radical (unpaired) electrons. The molecule has 1 aliphatic rings. The van der Waals surface area contributed by atoms with E-state index in [-0.39, 0.29) is 6.04 Å². The average Bonchev–Trinajstić information content (AvgIpc) is 2.64. The van der Waals surface area contributed by atoms with Crippen LogP contribution in [-0.4, -0.2) is 35.8 Å². The van der Waals surface area contributed by atoms with Gasteiger partial charge in [0.2, 0.25) is 0 Å². The van der Waals surface area contributed by atoms with Gasteiger partial charge in [-0.1, -0.05) is 12.8 Å². The minimum Gasteiger partial charge on any atom is -0.427 e. The SMILES string of the molecule is N[C@H](CCCCB(O)O)CC1CCCN1. The predicted molar refractivity (Wildman–Crippen MR) is 62.5 cm³/mol. The van der Waals surface area contributed by atoms with Crippen molar-refractivity contribution in [1.82, 2.24) is 5.32 Å². The number of unbranched alkanes of at least 4 members (excludes halogenated alkanes) is 1. The molecular weight excluding hydrogens is 191 g/mol. The summed E-state index contributed by atoms with van der Waals surface area (Å²) in [4.78, 5) is 0. The van der Waals surface area contributed by atoms with Gasteiger partial charge in [0.05, 0.1) is 0 Å². The largest absolute Gasteiger partial charge is 0.451 e. The Labute approximate surface area is 92.4 Å². The molecule has 2 atom stereocenters. The molecule has 5 N–H and O–H groups in total. The zero-order chi connectivity index (χ0) is 11.1. The van der Waals surface area contributed by atoms with Crippen molar-refractivity contribution >= 4 is 7.12 Å². The normalized spacial score (nSPS) is 23.0. The summed E-state index contributed by atoms with van der Waals surface area (Å²) in [5, 5.41) is 20.8. The molecule has 0 aliphatic carbocycles. The maximum atomic E-state index is 8.66. The summed E-state index contributed by atoms with van der Waals surface area (Å²) in [6, 6.07) is 0.875. The third-order valence-corrected chi connectivity index (χ3v) is 3.04. The molecule has 5 heteroatoms. The minimum atomic E-state index is -1.15. The molecule has 1 unspecified atom stereocenters. The van der Waals surface area contributed by atoms with E-state index in [0.29, 0.717) is 12.4 Å². The van der Waals surface area contributed by atoms with Crippen molar-refractivity contribution in [2.45, 2.75) is 56.9 Å². The Kier molecular flexibility index (Phi) is 6.25. The lowest BCUT2D eigenvalue weighted by molar-refractivity contribution is 0.398. The second-order valence-electron chi connectivity index (χ2n) is 4.55. The van der Waals surface area contributed by atoms with Crippen LogP contribution >= 0.6 is 0 Å². The lowest BCUT2D eigenvalue weighted by atomic mass is 9.83. The van der Waals surface area contributed by atoms with Crippen molar-refractivity contribution < 1.29 is 10.0 Å². The van der Waals surface area contributed by atoms with Gasteiger partial charge in [-0.15, -0.1) is 0 Å². The van der Waals surface area contributed by atoms with Crippen LogP contribution < -0.4 is 11.1 Å². The van der Waals surface area contributed by atoms with Crippen molar-refractivity contribution in [3.8, 4) is 0 Å². The lowest BCUT2D eigenvalue weighted by Gasteiger charge is -2.16. The first kappa shape index (κ1) is 13.0. The zero-order valence-electron chi connectivity index (χ0n) is 9.36. The van der Waals surface area contributed by atoms with E-state index in [0.717, 1.165) is 32.2 Å². The van der Waals surface area contributed by atoms with Gasteiger partial charge in [-0.3, -0.25) is 0 Å². The summed E-state index contributed by atoms with van der Waals surface area (Å²) in [6.07, 6.45) is 6.88. The standard InChI is InChI=1S/C10H23BN2O2/c12-9(4-1-2-6-11(14)15)8-10-5-3-7-13-10/h9-10,13-15H,1-8,12H2/t9-,10?/m1/s1. The highest BCUT2D eigenvalue weighted by Gasteiger charge is 2.17. The number of rotatable bonds is 7. The molecule has 0 aromatic heterocycles. The van der Waals surface area contributed by atoms with E-state index in [1.807, 2.05) is 0 Å². The lowest BCUT2D eigenvalue weighted by Crippen LogP contribution is -2.31. The zero-order valence-corrected chi connectivity index (χ0v) is 9.36. The molecule has 0 amide bonds. The number of hydrogen-bond donors (Lipinski definition) is 4. The molecule has 0 aromatic rings. The molecule has 1 heterocycles. The Balaban J connectivity index is 1.95. The summed E-state index contributed by atoms with van der Waals surface area (Å²) >= 11 is 0. The monoisotopic (exact) mass is 214 g/mol. The van der Waals surface area contributed by atoms with Crippen LogP contribution in [0.4, 0.5) is 0 Å². The first-order valence-electron chi connectivity index (χ1n) is 6.03. The number of nitrogens with one attached hydrogen (secondary N) is 1. The molecule has 1 saturated heterocycles. The Morgan fingerprint density at radius 1 is 1.40 bits per heavy atom. The van der Waals surface area contributed by atoms with Gasteiger partial charge < -0.3 is 21.1 Å². The van der Waals surface area contributed by atoms with Gasteiger partial charge in [0.1, 0.15) is 0 Å².